The van der Waals surface area contributed by atoms with E-state index in [9.17, 15) is 12.8 Å². The molecule has 0 aliphatic rings. The van der Waals surface area contributed by atoms with Crippen molar-refractivity contribution < 1.29 is 12.8 Å². The Morgan fingerprint density at radius 3 is 2.44 bits per heavy atom. The van der Waals surface area contributed by atoms with Crippen molar-refractivity contribution >= 4 is 21.7 Å². The molecule has 3 N–H and O–H groups in total. The molecule has 27 heavy (non-hydrogen) atoms. The summed E-state index contributed by atoms with van der Waals surface area (Å²) in [5, 5.41) is 6.38. The zero-order chi connectivity index (χ0) is 19.7. The van der Waals surface area contributed by atoms with Gasteiger partial charge in [0.15, 0.2) is 5.96 Å². The minimum absolute atomic E-state index is 0.247. The van der Waals surface area contributed by atoms with Crippen LogP contribution in [0.5, 0.6) is 0 Å². The molecule has 0 aromatic heterocycles. The van der Waals surface area contributed by atoms with Gasteiger partial charge in [-0.05, 0) is 42.7 Å². The van der Waals surface area contributed by atoms with Crippen molar-refractivity contribution in [1.29, 1.82) is 0 Å². The van der Waals surface area contributed by atoms with Gasteiger partial charge in [0.2, 0.25) is 10.0 Å². The maximum Gasteiger partial charge on any atom is 0.229 e. The average molecular weight is 393 g/mol. The van der Waals surface area contributed by atoms with Crippen LogP contribution in [0.3, 0.4) is 0 Å². The first-order chi connectivity index (χ1) is 12.9. The quantitative estimate of drug-likeness (QED) is 0.476. The molecule has 0 radical (unpaired) electrons. The fourth-order valence-electron chi connectivity index (χ4n) is 2.44. The molecule has 0 atom stereocenters. The molecule has 0 bridgehead atoms. The lowest BCUT2D eigenvalue weighted by molar-refractivity contribution is 0.606. The van der Waals surface area contributed by atoms with Gasteiger partial charge in [0.1, 0.15) is 5.82 Å². The number of para-hydroxylation sites is 1. The second kappa shape index (κ2) is 9.91. The third-order valence-electron chi connectivity index (χ3n) is 3.68. The Balaban J connectivity index is 1.99. The number of guanidine groups is 1. The van der Waals surface area contributed by atoms with Gasteiger partial charge >= 0.3 is 0 Å². The van der Waals surface area contributed by atoms with Gasteiger partial charge in [0.25, 0.3) is 0 Å². The van der Waals surface area contributed by atoms with E-state index in [0.29, 0.717) is 31.3 Å². The molecule has 0 aliphatic heterocycles. The van der Waals surface area contributed by atoms with Crippen molar-refractivity contribution in [3.05, 3.63) is 65.5 Å². The zero-order valence-corrected chi connectivity index (χ0v) is 16.3. The summed E-state index contributed by atoms with van der Waals surface area (Å²) >= 11 is 0. The van der Waals surface area contributed by atoms with Crippen LogP contribution >= 0.6 is 0 Å². The zero-order valence-electron chi connectivity index (χ0n) is 15.5. The van der Waals surface area contributed by atoms with Crippen molar-refractivity contribution in [1.82, 2.24) is 10.6 Å². The van der Waals surface area contributed by atoms with Crippen LogP contribution in [0.1, 0.15) is 18.1 Å². The van der Waals surface area contributed by atoms with Crippen molar-refractivity contribution in [3.63, 3.8) is 0 Å². The number of sulfonamides is 1. The van der Waals surface area contributed by atoms with E-state index in [0.717, 1.165) is 23.8 Å². The standard InChI is InChI=1S/C19H25FN4O2S/c1-3-21-19(22-13-12-15-8-10-17(20)11-9-15)23-14-16-6-4-5-7-18(16)24-27(2,25)26/h4-11,24H,3,12-14H2,1-2H3,(H2,21,22,23). The smallest absolute Gasteiger partial charge is 0.229 e. The second-order valence-electron chi connectivity index (χ2n) is 6.03. The molecular weight excluding hydrogens is 367 g/mol. The minimum Gasteiger partial charge on any atom is -0.357 e. The lowest BCUT2D eigenvalue weighted by Crippen LogP contribution is -2.38. The molecule has 0 unspecified atom stereocenters. The monoisotopic (exact) mass is 392 g/mol. The van der Waals surface area contributed by atoms with E-state index in [2.05, 4.69) is 20.3 Å². The highest BCUT2D eigenvalue weighted by Gasteiger charge is 2.07. The van der Waals surface area contributed by atoms with Gasteiger partial charge in [0, 0.05) is 13.1 Å². The van der Waals surface area contributed by atoms with Crippen LogP contribution in [0.25, 0.3) is 0 Å². The number of hydrogen-bond donors (Lipinski definition) is 3. The SMILES string of the molecule is CCNC(=NCc1ccccc1NS(C)(=O)=O)NCCc1ccc(F)cc1. The predicted octanol–water partition coefficient (Wildman–Crippen LogP) is 2.50. The van der Waals surface area contributed by atoms with Crippen LogP contribution in [0.4, 0.5) is 10.1 Å². The molecule has 146 valence electrons. The van der Waals surface area contributed by atoms with Crippen LogP contribution in [0.2, 0.25) is 0 Å². The highest BCUT2D eigenvalue weighted by molar-refractivity contribution is 7.92. The topological polar surface area (TPSA) is 82.6 Å². The number of nitrogens with zero attached hydrogens (tertiary/aromatic N) is 1. The van der Waals surface area contributed by atoms with E-state index < -0.39 is 10.0 Å². The summed E-state index contributed by atoms with van der Waals surface area (Å²) in [5.74, 6) is 0.386. The summed E-state index contributed by atoms with van der Waals surface area (Å²) < 4.78 is 38.4. The normalized spacial score (nSPS) is 11.9. The second-order valence-corrected chi connectivity index (χ2v) is 7.78. The van der Waals surface area contributed by atoms with Crippen LogP contribution in [0.15, 0.2) is 53.5 Å². The van der Waals surface area contributed by atoms with Crippen molar-refractivity contribution in [3.8, 4) is 0 Å². The first-order valence-corrected chi connectivity index (χ1v) is 10.6. The number of benzene rings is 2. The van der Waals surface area contributed by atoms with Crippen molar-refractivity contribution in [2.24, 2.45) is 4.99 Å². The Morgan fingerprint density at radius 2 is 1.78 bits per heavy atom. The number of rotatable bonds is 8. The first-order valence-electron chi connectivity index (χ1n) is 8.69. The van der Waals surface area contributed by atoms with Crippen molar-refractivity contribution in [2.75, 3.05) is 24.1 Å². The molecule has 0 fully saturated rings. The van der Waals surface area contributed by atoms with Crippen LogP contribution in [-0.4, -0.2) is 33.7 Å². The number of nitrogens with one attached hydrogen (secondary N) is 3. The number of aliphatic imine (C=N–C) groups is 1. The summed E-state index contributed by atoms with van der Waals surface area (Å²) in [6.45, 7) is 3.63. The van der Waals surface area contributed by atoms with Gasteiger partial charge < -0.3 is 10.6 Å². The molecule has 2 rings (SSSR count). The summed E-state index contributed by atoms with van der Waals surface area (Å²) in [5.41, 5.74) is 2.33. The van der Waals surface area contributed by atoms with Gasteiger partial charge in [-0.15, -0.1) is 0 Å². The Bertz CT molecular complexity index is 868. The van der Waals surface area contributed by atoms with Gasteiger partial charge in [-0.1, -0.05) is 30.3 Å². The van der Waals surface area contributed by atoms with Crippen LogP contribution in [-0.2, 0) is 23.0 Å². The molecular formula is C19H25FN4O2S. The molecule has 0 spiro atoms. The molecule has 2 aromatic carbocycles. The molecule has 2 aromatic rings. The Labute approximate surface area is 160 Å². The fourth-order valence-corrected chi connectivity index (χ4v) is 3.04. The number of hydrogen-bond acceptors (Lipinski definition) is 3. The predicted molar refractivity (Wildman–Crippen MR) is 108 cm³/mol. The molecule has 0 saturated carbocycles. The molecule has 6 nitrogen and oxygen atoms in total. The molecule has 0 heterocycles. The number of anilines is 1. The lowest BCUT2D eigenvalue weighted by atomic mass is 10.1. The third kappa shape index (κ3) is 7.65. The van der Waals surface area contributed by atoms with Gasteiger partial charge in [-0.25, -0.2) is 17.8 Å². The highest BCUT2D eigenvalue weighted by atomic mass is 32.2. The maximum atomic E-state index is 12.9. The molecule has 0 saturated heterocycles. The van der Waals surface area contributed by atoms with Crippen molar-refractivity contribution in [2.45, 2.75) is 19.9 Å². The minimum atomic E-state index is -3.35. The van der Waals surface area contributed by atoms with Gasteiger partial charge in [-0.3, -0.25) is 4.72 Å². The third-order valence-corrected chi connectivity index (χ3v) is 4.27. The van der Waals surface area contributed by atoms with Gasteiger partial charge in [-0.2, -0.15) is 0 Å². The van der Waals surface area contributed by atoms with E-state index in [1.165, 1.54) is 12.1 Å². The molecule has 0 aliphatic carbocycles. The van der Waals surface area contributed by atoms with E-state index in [1.54, 1.807) is 24.3 Å². The first kappa shape index (κ1) is 20.7. The Kier molecular flexibility index (Phi) is 7.60. The average Bonchev–Trinajstić information content (AvgIpc) is 2.61. The van der Waals surface area contributed by atoms with Crippen LogP contribution < -0.4 is 15.4 Å². The summed E-state index contributed by atoms with van der Waals surface area (Å²) in [4.78, 5) is 4.52. The number of halogens is 1. The summed E-state index contributed by atoms with van der Waals surface area (Å²) in [6.07, 6.45) is 1.85. The fraction of sp³-hybridized carbons (Fsp3) is 0.316. The Morgan fingerprint density at radius 1 is 1.07 bits per heavy atom. The molecule has 0 amide bonds. The van der Waals surface area contributed by atoms with E-state index in [4.69, 9.17) is 0 Å². The summed E-state index contributed by atoms with van der Waals surface area (Å²) in [6, 6.07) is 13.6. The largest absolute Gasteiger partial charge is 0.357 e. The Hall–Kier alpha value is -2.61. The lowest BCUT2D eigenvalue weighted by Gasteiger charge is -2.13. The summed E-state index contributed by atoms with van der Waals surface area (Å²) in [7, 11) is -3.35. The van der Waals surface area contributed by atoms with E-state index >= 15 is 0 Å². The van der Waals surface area contributed by atoms with E-state index in [-0.39, 0.29) is 5.82 Å². The molecule has 8 heteroatoms. The van der Waals surface area contributed by atoms with Crippen LogP contribution in [0, 0.1) is 5.82 Å². The van der Waals surface area contributed by atoms with E-state index in [1.807, 2.05) is 19.1 Å². The van der Waals surface area contributed by atoms with Gasteiger partial charge in [0.05, 0.1) is 18.5 Å². The maximum absolute atomic E-state index is 12.9. The highest BCUT2D eigenvalue weighted by Crippen LogP contribution is 2.17.